The maximum atomic E-state index is 3.41. The topological polar surface area (TPSA) is 0 Å². The van der Waals surface area contributed by atoms with Gasteiger partial charge in [-0.25, -0.2) is 11.6 Å². The van der Waals surface area contributed by atoms with Crippen LogP contribution in [0.3, 0.4) is 0 Å². The van der Waals surface area contributed by atoms with Crippen molar-refractivity contribution in [2.75, 3.05) is 0 Å². The van der Waals surface area contributed by atoms with E-state index in [1.807, 2.05) is 6.07 Å². The van der Waals surface area contributed by atoms with Crippen molar-refractivity contribution in [2.45, 2.75) is 59.8 Å². The number of benzene rings is 1. The predicted octanol–water partition coefficient (Wildman–Crippen LogP) is 8.32. The van der Waals surface area contributed by atoms with E-state index in [0.717, 1.165) is 6.42 Å². The van der Waals surface area contributed by atoms with E-state index in [1.165, 1.54) is 66.6 Å². The van der Waals surface area contributed by atoms with Gasteiger partial charge in [0, 0.05) is 0 Å². The molecule has 0 heterocycles. The Balaban J connectivity index is 0. The zero-order chi connectivity index (χ0) is 20.4. The summed E-state index contributed by atoms with van der Waals surface area (Å²) >= 11 is 1.46. The quantitative estimate of drug-likeness (QED) is 0.345. The van der Waals surface area contributed by atoms with Crippen molar-refractivity contribution >= 4 is 28.5 Å². The molecule has 31 heavy (non-hydrogen) atoms. The monoisotopic (exact) mass is 535 g/mol. The largest absolute Gasteiger partial charge is 0.210 e. The van der Waals surface area contributed by atoms with E-state index in [4.69, 9.17) is 0 Å². The Morgan fingerprint density at radius 2 is 1.58 bits per heavy atom. The molecular weight excluding hydrogens is 498 g/mol. The summed E-state index contributed by atoms with van der Waals surface area (Å²) < 4.78 is 2.17. The van der Waals surface area contributed by atoms with Gasteiger partial charge in [0.1, 0.15) is 0 Å². The fourth-order valence-corrected chi connectivity index (χ4v) is 4.20. The van der Waals surface area contributed by atoms with Crippen molar-refractivity contribution in [3.8, 4) is 0 Å². The van der Waals surface area contributed by atoms with E-state index in [0.29, 0.717) is 11.8 Å². The van der Waals surface area contributed by atoms with Crippen LogP contribution in [0.15, 0.2) is 65.8 Å². The average molecular weight is 538 g/mol. The Bertz CT molecular complexity index is 740. The number of allylic oxidation sites excluding steroid dienone is 4. The second-order valence-electron chi connectivity index (χ2n) is 8.10. The molecule has 0 atom stereocenters. The maximum absolute atomic E-state index is 3.41. The minimum atomic E-state index is 0. The third kappa shape index (κ3) is 11.2. The summed E-state index contributed by atoms with van der Waals surface area (Å²) in [5.74, 6) is 1.31. The van der Waals surface area contributed by atoms with Crippen LogP contribution in [0.5, 0.6) is 0 Å². The number of hydrogen-bond donors (Lipinski definition) is 0. The van der Waals surface area contributed by atoms with Gasteiger partial charge in [-0.2, -0.15) is 34.9 Å². The third-order valence-corrected chi connectivity index (χ3v) is 6.06. The second-order valence-corrected chi connectivity index (χ2v) is 8.81. The Labute approximate surface area is 219 Å². The van der Waals surface area contributed by atoms with E-state index in [2.05, 4.69) is 86.0 Å². The molecule has 0 spiro atoms. The number of rotatable bonds is 3. The van der Waals surface area contributed by atoms with Crippen LogP contribution >= 0.6 is 24.8 Å². The predicted molar refractivity (Wildman–Crippen MR) is 140 cm³/mol. The Morgan fingerprint density at radius 3 is 2.06 bits per heavy atom. The van der Waals surface area contributed by atoms with Gasteiger partial charge >= 0.3 is 63.8 Å². The standard InChI is InChI=1S/C11H17.C9H11.C7H6.CH3.2ClH.Zr/c1-8(2)10-6-5-7-11(10)9(3)4;1-2-5-9-7-3-6-8(9)4-1;1-7-5-3-2-4-6-7;;;;/h6,8-9H,5H2,1-4H3;3,6-7H,1-2,4-5H2;1-6H;1H3;2*1H;/q2*-1;;-1;;;. The van der Waals surface area contributed by atoms with Gasteiger partial charge in [-0.15, -0.1) is 31.2 Å². The van der Waals surface area contributed by atoms with Gasteiger partial charge < -0.3 is 7.43 Å². The molecule has 2 aromatic rings. The van der Waals surface area contributed by atoms with Crippen LogP contribution < -0.4 is 0 Å². The molecule has 2 aliphatic rings. The molecule has 0 unspecified atom stereocenters. The van der Waals surface area contributed by atoms with Crippen molar-refractivity contribution in [1.29, 1.82) is 0 Å². The minimum Gasteiger partial charge on any atom is -0.210 e. The molecule has 0 amide bonds. The summed E-state index contributed by atoms with van der Waals surface area (Å²) in [6.07, 6.45) is 12.2. The molecule has 0 aliphatic heterocycles. The fourth-order valence-electron chi connectivity index (χ4n) is 3.73. The van der Waals surface area contributed by atoms with Crippen molar-refractivity contribution in [2.24, 2.45) is 11.8 Å². The van der Waals surface area contributed by atoms with Crippen LogP contribution in [0.2, 0.25) is 0 Å². The van der Waals surface area contributed by atoms with Crippen molar-refractivity contribution in [3.63, 3.8) is 0 Å². The first-order valence-electron chi connectivity index (χ1n) is 10.6. The first-order chi connectivity index (χ1) is 13.5. The number of halogens is 2. The normalized spacial score (nSPS) is 13.5. The molecule has 3 heteroatoms. The summed E-state index contributed by atoms with van der Waals surface area (Å²) in [7, 11) is 0. The van der Waals surface area contributed by atoms with Gasteiger partial charge in [0.2, 0.25) is 0 Å². The summed E-state index contributed by atoms with van der Waals surface area (Å²) in [5, 5.41) is 0. The van der Waals surface area contributed by atoms with E-state index in [1.54, 1.807) is 11.1 Å². The smallest absolute Gasteiger partial charge is 0.0512 e. The van der Waals surface area contributed by atoms with Crippen molar-refractivity contribution < 1.29 is 24.2 Å². The van der Waals surface area contributed by atoms with Gasteiger partial charge in [0.05, 0.1) is 0 Å². The zero-order valence-electron chi connectivity index (χ0n) is 19.8. The first-order valence-corrected chi connectivity index (χ1v) is 12.0. The van der Waals surface area contributed by atoms with Crippen LogP contribution in [0.25, 0.3) is 0 Å². The van der Waals surface area contributed by atoms with Crippen LogP contribution in [0.4, 0.5) is 0 Å². The van der Waals surface area contributed by atoms with E-state index in [9.17, 15) is 0 Å². The minimum absolute atomic E-state index is 0. The Hall–Kier alpha value is -0.617. The Morgan fingerprint density at radius 1 is 0.935 bits per heavy atom. The number of fused-ring (bicyclic) bond motifs is 1. The molecule has 0 radical (unpaired) electrons. The molecule has 0 fully saturated rings. The molecular formula is C28H39Cl2Zr-3. The van der Waals surface area contributed by atoms with E-state index < -0.39 is 0 Å². The van der Waals surface area contributed by atoms with Crippen LogP contribution in [-0.2, 0) is 37.1 Å². The van der Waals surface area contributed by atoms with Gasteiger partial charge in [0.25, 0.3) is 0 Å². The van der Waals surface area contributed by atoms with E-state index >= 15 is 0 Å². The zero-order valence-corrected chi connectivity index (χ0v) is 23.9. The molecule has 4 rings (SSSR count). The summed E-state index contributed by atoms with van der Waals surface area (Å²) in [5.41, 5.74) is 7.48. The summed E-state index contributed by atoms with van der Waals surface area (Å²) in [6, 6.07) is 17.0. The molecule has 0 N–H and O–H groups in total. The molecule has 2 aliphatic carbocycles. The summed E-state index contributed by atoms with van der Waals surface area (Å²) in [4.78, 5) is 0. The van der Waals surface area contributed by atoms with Crippen LogP contribution in [-0.4, -0.2) is 3.71 Å². The van der Waals surface area contributed by atoms with Gasteiger partial charge in [-0.3, -0.25) is 6.08 Å². The van der Waals surface area contributed by atoms with Gasteiger partial charge in [-0.05, 0) is 0 Å². The van der Waals surface area contributed by atoms with Crippen molar-refractivity contribution in [1.82, 2.24) is 0 Å². The van der Waals surface area contributed by atoms with Crippen LogP contribution in [0, 0.1) is 25.3 Å². The van der Waals surface area contributed by atoms with Crippen LogP contribution in [0.1, 0.15) is 63.6 Å². The molecule has 0 saturated carbocycles. The molecule has 0 nitrogen and oxygen atoms in total. The first kappa shape index (κ1) is 32.6. The van der Waals surface area contributed by atoms with E-state index in [-0.39, 0.29) is 32.2 Å². The Kier molecular flexibility index (Phi) is 18.8. The summed E-state index contributed by atoms with van der Waals surface area (Å²) in [6.45, 7) is 8.98. The van der Waals surface area contributed by atoms with Gasteiger partial charge in [0.15, 0.2) is 0 Å². The molecule has 2 aromatic carbocycles. The average Bonchev–Trinajstić information content (AvgIpc) is 3.39. The fraction of sp³-hybridized carbons (Fsp3) is 0.393. The molecule has 0 bridgehead atoms. The maximum Gasteiger partial charge on any atom is -0.0512 e. The third-order valence-electron chi connectivity index (χ3n) is 5.24. The van der Waals surface area contributed by atoms with Gasteiger partial charge in [-0.1, -0.05) is 65.2 Å². The molecule has 0 saturated heterocycles. The van der Waals surface area contributed by atoms with Crippen molar-refractivity contribution in [3.05, 3.63) is 95.9 Å². The number of aryl methyl sites for hydroxylation is 2. The molecule has 172 valence electrons. The SMILES string of the molecule is CC(C)C1=[C-]CC=C1C(C)C.Cl.Cl.[CH3-].[Zr]=[CH]c1ccccc1.c1cc2c([cH-]1)CCCC2. The second kappa shape index (κ2) is 17.9. The number of hydrogen-bond acceptors (Lipinski definition) is 0. The molecule has 0 aromatic heterocycles.